The first kappa shape index (κ1) is 18.6. The number of nitrogens with one attached hydrogen (secondary N) is 1. The second-order valence-corrected chi connectivity index (χ2v) is 7.31. The smallest absolute Gasteiger partial charge is 0.229 e. The van der Waals surface area contributed by atoms with Crippen LogP contribution >= 0.6 is 0 Å². The van der Waals surface area contributed by atoms with Crippen molar-refractivity contribution in [3.63, 3.8) is 0 Å². The lowest BCUT2D eigenvalue weighted by Crippen LogP contribution is -2.36. The van der Waals surface area contributed by atoms with Gasteiger partial charge in [0.15, 0.2) is 0 Å². The van der Waals surface area contributed by atoms with Crippen LogP contribution in [0.2, 0.25) is 0 Å². The van der Waals surface area contributed by atoms with Gasteiger partial charge in [-0.1, -0.05) is 12.1 Å². The van der Waals surface area contributed by atoms with Crippen molar-refractivity contribution < 1.29 is 9.13 Å². The topological polar surface area (TPSA) is 55.2 Å². The molecule has 2 aromatic heterocycles. The largest absolute Gasteiger partial charge is 0.378 e. The third-order valence-electron chi connectivity index (χ3n) is 5.27. The molecule has 1 saturated heterocycles. The number of rotatable bonds is 5. The van der Waals surface area contributed by atoms with Crippen molar-refractivity contribution in [2.24, 2.45) is 0 Å². The van der Waals surface area contributed by atoms with Crippen LogP contribution < -0.4 is 10.2 Å². The number of fused-ring (bicyclic) bond motifs is 1. The van der Waals surface area contributed by atoms with E-state index in [4.69, 9.17) is 9.72 Å². The van der Waals surface area contributed by atoms with E-state index >= 15 is 0 Å². The van der Waals surface area contributed by atoms with Gasteiger partial charge in [-0.15, -0.1) is 0 Å². The molecular weight excluding hydrogens is 381 g/mol. The number of ether oxygens (including phenoxy) is 1. The van der Waals surface area contributed by atoms with Crippen LogP contribution in [0.3, 0.4) is 0 Å². The number of benzene rings is 2. The van der Waals surface area contributed by atoms with Crippen molar-refractivity contribution in [1.82, 2.24) is 14.5 Å². The van der Waals surface area contributed by atoms with Crippen LogP contribution in [-0.2, 0) is 11.3 Å². The first-order chi connectivity index (χ1) is 14.7. The highest BCUT2D eigenvalue weighted by atomic mass is 19.1. The Kier molecular flexibility index (Phi) is 5.03. The van der Waals surface area contributed by atoms with Gasteiger partial charge in [0.05, 0.1) is 13.2 Å². The van der Waals surface area contributed by atoms with Crippen LogP contribution in [0, 0.1) is 5.82 Å². The quantitative estimate of drug-likeness (QED) is 0.541. The Morgan fingerprint density at radius 2 is 1.73 bits per heavy atom. The van der Waals surface area contributed by atoms with Gasteiger partial charge in [0.1, 0.15) is 11.5 Å². The van der Waals surface area contributed by atoms with Gasteiger partial charge >= 0.3 is 0 Å². The summed E-state index contributed by atoms with van der Waals surface area (Å²) in [6.45, 7) is 3.99. The normalized spacial score (nSPS) is 14.2. The van der Waals surface area contributed by atoms with Crippen molar-refractivity contribution in [1.29, 1.82) is 0 Å². The minimum absolute atomic E-state index is 0.232. The Bertz CT molecular complexity index is 1130. The molecule has 152 valence electrons. The molecule has 5 rings (SSSR count). The summed E-state index contributed by atoms with van der Waals surface area (Å²) in [6.07, 6.45) is 3.79. The molecule has 1 aliphatic heterocycles. The molecule has 6 nitrogen and oxygen atoms in total. The second kappa shape index (κ2) is 8.12. The summed E-state index contributed by atoms with van der Waals surface area (Å²) >= 11 is 0. The molecule has 1 N–H and O–H groups in total. The summed E-state index contributed by atoms with van der Waals surface area (Å²) in [5.74, 6) is 0.310. The van der Waals surface area contributed by atoms with E-state index in [2.05, 4.69) is 27.3 Å². The van der Waals surface area contributed by atoms with Gasteiger partial charge in [0.2, 0.25) is 5.95 Å². The Balaban J connectivity index is 1.34. The lowest BCUT2D eigenvalue weighted by atomic mass is 10.2. The number of halogens is 1. The fourth-order valence-corrected chi connectivity index (χ4v) is 3.65. The van der Waals surface area contributed by atoms with Gasteiger partial charge in [-0.2, -0.15) is 4.98 Å². The standard InChI is InChI=1S/C23H22FN5O/c24-19-3-1-17(2-4-19)16-29-10-9-18-15-25-23(27-22(18)29)26-20-5-7-21(8-6-20)28-11-13-30-14-12-28/h1-10,15H,11-14,16H2,(H,25,26,27). The first-order valence-corrected chi connectivity index (χ1v) is 10.0. The molecule has 4 aromatic rings. The minimum Gasteiger partial charge on any atom is -0.378 e. The van der Waals surface area contributed by atoms with Gasteiger partial charge < -0.3 is 19.5 Å². The van der Waals surface area contributed by atoms with Gasteiger partial charge in [0, 0.05) is 48.8 Å². The number of hydrogen-bond donors (Lipinski definition) is 1. The number of anilines is 3. The van der Waals surface area contributed by atoms with E-state index in [0.29, 0.717) is 12.5 Å². The molecule has 0 bridgehead atoms. The number of nitrogens with zero attached hydrogens (tertiary/aromatic N) is 4. The number of morpholine rings is 1. The van der Waals surface area contributed by atoms with Crippen molar-refractivity contribution in [2.45, 2.75) is 6.54 Å². The van der Waals surface area contributed by atoms with E-state index in [1.165, 1.54) is 17.8 Å². The predicted octanol–water partition coefficient (Wildman–Crippen LogP) is 4.20. The SMILES string of the molecule is Fc1ccc(Cn2ccc3cnc(Nc4ccc(N5CCOCC5)cc4)nc32)cc1. The zero-order valence-corrected chi connectivity index (χ0v) is 16.5. The molecule has 0 atom stereocenters. The molecule has 30 heavy (non-hydrogen) atoms. The summed E-state index contributed by atoms with van der Waals surface area (Å²) in [7, 11) is 0. The monoisotopic (exact) mass is 403 g/mol. The lowest BCUT2D eigenvalue weighted by molar-refractivity contribution is 0.122. The number of hydrogen-bond acceptors (Lipinski definition) is 5. The van der Waals surface area contributed by atoms with Crippen molar-refractivity contribution >= 4 is 28.4 Å². The van der Waals surface area contributed by atoms with Gasteiger partial charge in [-0.05, 0) is 48.0 Å². The van der Waals surface area contributed by atoms with Crippen LogP contribution in [0.1, 0.15) is 5.56 Å². The molecule has 0 amide bonds. The highest BCUT2D eigenvalue weighted by Crippen LogP contribution is 2.22. The fraction of sp³-hybridized carbons (Fsp3) is 0.217. The Labute approximate surface area is 173 Å². The predicted molar refractivity (Wildman–Crippen MR) is 116 cm³/mol. The highest BCUT2D eigenvalue weighted by molar-refractivity contribution is 5.77. The van der Waals surface area contributed by atoms with Gasteiger partial charge in [-0.3, -0.25) is 0 Å². The molecule has 2 aromatic carbocycles. The van der Waals surface area contributed by atoms with E-state index < -0.39 is 0 Å². The highest BCUT2D eigenvalue weighted by Gasteiger charge is 2.11. The summed E-state index contributed by atoms with van der Waals surface area (Å²) in [6, 6.07) is 16.8. The summed E-state index contributed by atoms with van der Waals surface area (Å²) < 4.78 is 20.6. The summed E-state index contributed by atoms with van der Waals surface area (Å²) in [4.78, 5) is 11.4. The van der Waals surface area contributed by atoms with Crippen molar-refractivity contribution in [3.05, 3.63) is 78.4 Å². The molecule has 0 spiro atoms. The van der Waals surface area contributed by atoms with Gasteiger partial charge in [0.25, 0.3) is 0 Å². The maximum Gasteiger partial charge on any atom is 0.229 e. The number of aromatic nitrogens is 3. The average Bonchev–Trinajstić information content (AvgIpc) is 3.18. The molecule has 7 heteroatoms. The third kappa shape index (κ3) is 3.97. The molecule has 0 unspecified atom stereocenters. The Hall–Kier alpha value is -3.45. The van der Waals surface area contributed by atoms with Crippen LogP contribution in [0.15, 0.2) is 67.0 Å². The van der Waals surface area contributed by atoms with E-state index in [9.17, 15) is 4.39 Å². The van der Waals surface area contributed by atoms with Crippen molar-refractivity contribution in [2.75, 3.05) is 36.5 Å². The van der Waals surface area contributed by atoms with Crippen LogP contribution in [0.5, 0.6) is 0 Å². The van der Waals surface area contributed by atoms with E-state index in [0.717, 1.165) is 48.6 Å². The molecule has 0 radical (unpaired) electrons. The summed E-state index contributed by atoms with van der Waals surface area (Å²) in [5.41, 5.74) is 3.97. The maximum atomic E-state index is 13.2. The first-order valence-electron chi connectivity index (χ1n) is 10.0. The fourth-order valence-electron chi connectivity index (χ4n) is 3.65. The molecule has 1 aliphatic rings. The van der Waals surface area contributed by atoms with E-state index in [-0.39, 0.29) is 5.82 Å². The van der Waals surface area contributed by atoms with Crippen molar-refractivity contribution in [3.8, 4) is 0 Å². The molecular formula is C23H22FN5O. The van der Waals surface area contributed by atoms with Gasteiger partial charge in [-0.25, -0.2) is 9.37 Å². The zero-order valence-electron chi connectivity index (χ0n) is 16.5. The zero-order chi connectivity index (χ0) is 20.3. The molecule has 0 aliphatic carbocycles. The Morgan fingerprint density at radius 1 is 0.967 bits per heavy atom. The third-order valence-corrected chi connectivity index (χ3v) is 5.27. The molecule has 0 saturated carbocycles. The summed E-state index contributed by atoms with van der Waals surface area (Å²) in [5, 5.41) is 4.25. The molecule has 1 fully saturated rings. The Morgan fingerprint density at radius 3 is 2.50 bits per heavy atom. The lowest BCUT2D eigenvalue weighted by Gasteiger charge is -2.28. The maximum absolute atomic E-state index is 13.2. The van der Waals surface area contributed by atoms with E-state index in [1.807, 2.05) is 35.2 Å². The van der Waals surface area contributed by atoms with Crippen LogP contribution in [0.4, 0.5) is 21.7 Å². The average molecular weight is 403 g/mol. The van der Waals surface area contributed by atoms with Crippen LogP contribution in [-0.4, -0.2) is 40.8 Å². The van der Waals surface area contributed by atoms with E-state index in [1.54, 1.807) is 12.1 Å². The minimum atomic E-state index is -0.232. The molecule has 3 heterocycles. The second-order valence-electron chi connectivity index (χ2n) is 7.31. The van der Waals surface area contributed by atoms with Crippen LogP contribution in [0.25, 0.3) is 11.0 Å².